The van der Waals surface area contributed by atoms with E-state index in [4.69, 9.17) is 25.4 Å². The molecule has 0 aliphatic heterocycles. The van der Waals surface area contributed by atoms with Crippen LogP contribution in [0.15, 0.2) is 115 Å². The summed E-state index contributed by atoms with van der Waals surface area (Å²) in [5, 5.41) is 7.48. The van der Waals surface area contributed by atoms with Gasteiger partial charge in [0.1, 0.15) is 24.7 Å². The molecule has 246 valence electrons. The van der Waals surface area contributed by atoms with Crippen LogP contribution in [0.3, 0.4) is 0 Å². The van der Waals surface area contributed by atoms with Crippen LogP contribution in [0, 0.1) is 5.41 Å². The minimum absolute atomic E-state index is 0.0367. The number of ether oxygens (including phenoxy) is 3. The van der Waals surface area contributed by atoms with Crippen molar-refractivity contribution in [2.24, 2.45) is 5.73 Å². The van der Waals surface area contributed by atoms with Gasteiger partial charge in [0.15, 0.2) is 0 Å². The zero-order chi connectivity index (χ0) is 34.5. The van der Waals surface area contributed by atoms with Gasteiger partial charge in [-0.1, -0.05) is 72.8 Å². The van der Waals surface area contributed by atoms with Gasteiger partial charge in [0.25, 0.3) is 0 Å². The number of nitrogens with one attached hydrogen (secondary N) is 1. The van der Waals surface area contributed by atoms with E-state index in [0.717, 1.165) is 5.56 Å². The van der Waals surface area contributed by atoms with Gasteiger partial charge in [-0.05, 0) is 73.0 Å². The molecular weight excluding hydrogens is 610 g/mol. The lowest BCUT2D eigenvalue weighted by molar-refractivity contribution is -0.152. The fourth-order valence-corrected chi connectivity index (χ4v) is 4.77. The maximum absolute atomic E-state index is 13.9. The van der Waals surface area contributed by atoms with Crippen LogP contribution < -0.4 is 10.5 Å². The molecule has 10 nitrogen and oxygen atoms in total. The van der Waals surface area contributed by atoms with Gasteiger partial charge >= 0.3 is 17.9 Å². The van der Waals surface area contributed by atoms with Crippen LogP contribution in [-0.4, -0.2) is 54.2 Å². The van der Waals surface area contributed by atoms with Crippen molar-refractivity contribution >= 4 is 35.7 Å². The van der Waals surface area contributed by atoms with Crippen molar-refractivity contribution in [3.8, 4) is 5.75 Å². The van der Waals surface area contributed by atoms with Crippen molar-refractivity contribution in [2.45, 2.75) is 26.4 Å². The van der Waals surface area contributed by atoms with Crippen molar-refractivity contribution in [2.75, 3.05) is 19.7 Å². The van der Waals surface area contributed by atoms with Gasteiger partial charge in [0.2, 0.25) is 5.91 Å². The number of amidine groups is 1. The van der Waals surface area contributed by atoms with Crippen LogP contribution in [0.1, 0.15) is 52.4 Å². The Morgan fingerprint density at radius 2 is 1.42 bits per heavy atom. The molecule has 4 aromatic carbocycles. The number of nitrogen functional groups attached to an aromatic ring is 1. The average Bonchev–Trinajstić information content (AvgIpc) is 3.10. The smallest absolute Gasteiger partial charge is 0.343 e. The Labute approximate surface area is 279 Å². The van der Waals surface area contributed by atoms with Crippen LogP contribution in [0.5, 0.6) is 5.75 Å². The fourth-order valence-electron chi connectivity index (χ4n) is 4.77. The second-order valence-corrected chi connectivity index (χ2v) is 10.8. The summed E-state index contributed by atoms with van der Waals surface area (Å²) in [7, 11) is 0. The molecule has 0 saturated heterocycles. The quantitative estimate of drug-likeness (QED) is 0.0598. The predicted octanol–water partition coefficient (Wildman–Crippen LogP) is 5.51. The topological polar surface area (TPSA) is 149 Å². The molecule has 48 heavy (non-hydrogen) atoms. The molecule has 0 bridgehead atoms. The number of carbonyl (C=O) groups excluding carboxylic acids is 4. The first-order valence-electron chi connectivity index (χ1n) is 15.3. The lowest BCUT2D eigenvalue weighted by Gasteiger charge is -2.27. The molecule has 0 aliphatic carbocycles. The molecule has 1 unspecified atom stereocenters. The van der Waals surface area contributed by atoms with Gasteiger partial charge in [-0.25, -0.2) is 4.79 Å². The summed E-state index contributed by atoms with van der Waals surface area (Å²) in [5.41, 5.74) is 8.63. The molecule has 0 heterocycles. The molecular formula is C38H37N3O7. The highest BCUT2D eigenvalue weighted by atomic mass is 16.5. The number of nitrogens with two attached hydrogens (primary N) is 1. The predicted molar refractivity (Wildman–Crippen MR) is 181 cm³/mol. The van der Waals surface area contributed by atoms with Gasteiger partial charge in [-0.2, -0.15) is 0 Å². The number of esters is 3. The molecule has 10 heteroatoms. The van der Waals surface area contributed by atoms with Gasteiger partial charge in [-0.3, -0.25) is 19.8 Å². The molecule has 4 aromatic rings. The SMILES string of the molecule is CCOC(=O)C(CN(CC(=O)OCc1ccccc1)C(=O)/C(C)=C/c1ccc(C(=O)Oc2ccc(C(=N)N)cc2)cc1)c1ccccc1. The van der Waals surface area contributed by atoms with E-state index in [1.54, 1.807) is 92.7 Å². The molecule has 0 fully saturated rings. The Morgan fingerprint density at radius 3 is 2.02 bits per heavy atom. The van der Waals surface area contributed by atoms with Crippen molar-refractivity contribution in [3.63, 3.8) is 0 Å². The van der Waals surface area contributed by atoms with Gasteiger partial charge in [0.05, 0.1) is 18.1 Å². The molecule has 0 saturated carbocycles. The zero-order valence-corrected chi connectivity index (χ0v) is 26.8. The minimum Gasteiger partial charge on any atom is -0.465 e. The Morgan fingerprint density at radius 1 is 0.812 bits per heavy atom. The molecule has 0 radical (unpaired) electrons. The summed E-state index contributed by atoms with van der Waals surface area (Å²) in [6.45, 7) is 3.00. The van der Waals surface area contributed by atoms with Crippen LogP contribution in [-0.2, 0) is 30.5 Å². The maximum atomic E-state index is 13.9. The monoisotopic (exact) mass is 647 g/mol. The van der Waals surface area contributed by atoms with E-state index in [-0.39, 0.29) is 31.2 Å². The maximum Gasteiger partial charge on any atom is 0.343 e. The number of amides is 1. The lowest BCUT2D eigenvalue weighted by atomic mass is 9.98. The van der Waals surface area contributed by atoms with Gasteiger partial charge < -0.3 is 24.8 Å². The molecule has 0 spiro atoms. The minimum atomic E-state index is -0.839. The van der Waals surface area contributed by atoms with Crippen LogP contribution in [0.4, 0.5) is 0 Å². The molecule has 0 aliphatic rings. The first kappa shape index (κ1) is 34.8. The Kier molecular flexibility index (Phi) is 12.4. The summed E-state index contributed by atoms with van der Waals surface area (Å²) < 4.78 is 16.2. The van der Waals surface area contributed by atoms with Crippen molar-refractivity contribution in [3.05, 3.63) is 143 Å². The highest BCUT2D eigenvalue weighted by molar-refractivity contribution is 5.99. The highest BCUT2D eigenvalue weighted by Gasteiger charge is 2.29. The molecule has 4 rings (SSSR count). The third-order valence-electron chi connectivity index (χ3n) is 7.27. The number of nitrogens with zero attached hydrogens (tertiary/aromatic N) is 1. The first-order valence-corrected chi connectivity index (χ1v) is 15.3. The third kappa shape index (κ3) is 9.98. The molecule has 1 atom stereocenters. The van der Waals surface area contributed by atoms with E-state index in [2.05, 4.69) is 0 Å². The number of hydrogen-bond acceptors (Lipinski definition) is 8. The summed E-state index contributed by atoms with van der Waals surface area (Å²) in [5.74, 6) is -2.84. The summed E-state index contributed by atoms with van der Waals surface area (Å²) in [6.07, 6.45) is 1.63. The number of hydrogen-bond donors (Lipinski definition) is 2. The second kappa shape index (κ2) is 17.0. The third-order valence-corrected chi connectivity index (χ3v) is 7.27. The van der Waals surface area contributed by atoms with Crippen LogP contribution in [0.2, 0.25) is 0 Å². The van der Waals surface area contributed by atoms with E-state index in [1.165, 1.54) is 4.90 Å². The normalized spacial score (nSPS) is 11.6. The van der Waals surface area contributed by atoms with E-state index >= 15 is 0 Å². The van der Waals surface area contributed by atoms with Crippen molar-refractivity contribution < 1.29 is 33.4 Å². The first-order chi connectivity index (χ1) is 23.1. The summed E-state index contributed by atoms with van der Waals surface area (Å²) in [6, 6.07) is 30.9. The number of benzene rings is 4. The summed E-state index contributed by atoms with van der Waals surface area (Å²) >= 11 is 0. The largest absolute Gasteiger partial charge is 0.465 e. The molecule has 1 amide bonds. The lowest BCUT2D eigenvalue weighted by Crippen LogP contribution is -2.41. The fraction of sp³-hybridized carbons (Fsp3) is 0.184. The average molecular weight is 648 g/mol. The number of rotatable bonds is 14. The Balaban J connectivity index is 1.51. The van der Waals surface area contributed by atoms with E-state index in [1.807, 2.05) is 36.4 Å². The van der Waals surface area contributed by atoms with Gasteiger partial charge in [0, 0.05) is 17.7 Å². The van der Waals surface area contributed by atoms with E-state index in [0.29, 0.717) is 28.0 Å². The Hall–Kier alpha value is -6.03. The van der Waals surface area contributed by atoms with Crippen LogP contribution in [0.25, 0.3) is 6.08 Å². The molecule has 0 aromatic heterocycles. The Bertz CT molecular complexity index is 1750. The van der Waals surface area contributed by atoms with E-state index < -0.39 is 36.3 Å². The zero-order valence-electron chi connectivity index (χ0n) is 26.8. The van der Waals surface area contributed by atoms with Crippen molar-refractivity contribution in [1.29, 1.82) is 5.41 Å². The standard InChI is InChI=1S/C38H37N3O7/c1-3-46-38(45)33(29-12-8-5-9-13-29)23-41(24-34(42)47-25-28-10-6-4-7-11-28)36(43)26(2)22-27-14-16-31(17-15-27)37(44)48-32-20-18-30(19-21-32)35(39)40/h4-22,33H,3,23-25H2,1-2H3,(H3,39,40)/b26-22+. The van der Waals surface area contributed by atoms with Gasteiger partial charge in [-0.15, -0.1) is 0 Å². The molecule has 3 N–H and O–H groups in total. The summed E-state index contributed by atoms with van der Waals surface area (Å²) in [4.78, 5) is 53.9. The van der Waals surface area contributed by atoms with Crippen LogP contribution >= 0.6 is 0 Å². The highest BCUT2D eigenvalue weighted by Crippen LogP contribution is 2.22. The second-order valence-electron chi connectivity index (χ2n) is 10.8. The van der Waals surface area contributed by atoms with E-state index in [9.17, 15) is 19.2 Å². The van der Waals surface area contributed by atoms with Crippen molar-refractivity contribution in [1.82, 2.24) is 4.90 Å². The number of carbonyl (C=O) groups is 4.